The van der Waals surface area contributed by atoms with E-state index in [4.69, 9.17) is 4.52 Å². The first kappa shape index (κ1) is 17.7. The predicted octanol–water partition coefficient (Wildman–Crippen LogP) is 3.68. The molecule has 0 aromatic carbocycles. The molecule has 1 saturated heterocycles. The molecule has 1 aliphatic carbocycles. The topological polar surface area (TPSA) is 45.4 Å². The Bertz CT molecular complexity index is 695. The number of aromatic nitrogens is 2. The Morgan fingerprint density at radius 1 is 1.19 bits per heavy atom. The van der Waals surface area contributed by atoms with Crippen LogP contribution in [0.15, 0.2) is 35.0 Å². The zero-order chi connectivity index (χ0) is 17.9. The summed E-state index contributed by atoms with van der Waals surface area (Å²) < 4.78 is 5.61. The van der Waals surface area contributed by atoms with Gasteiger partial charge in [0.1, 0.15) is 5.69 Å². The van der Waals surface area contributed by atoms with Gasteiger partial charge in [-0.1, -0.05) is 25.1 Å². The Morgan fingerprint density at radius 3 is 2.81 bits per heavy atom. The average molecular weight is 354 g/mol. The van der Waals surface area contributed by atoms with E-state index in [1.807, 2.05) is 24.3 Å². The van der Waals surface area contributed by atoms with Crippen molar-refractivity contribution < 1.29 is 4.52 Å². The van der Waals surface area contributed by atoms with E-state index in [0.717, 1.165) is 42.7 Å². The molecule has 1 aliphatic heterocycles. The van der Waals surface area contributed by atoms with Crippen molar-refractivity contribution in [1.82, 2.24) is 19.9 Å². The lowest BCUT2D eigenvalue weighted by Gasteiger charge is -2.34. The lowest BCUT2D eigenvalue weighted by atomic mass is 10.0. The lowest BCUT2D eigenvalue weighted by molar-refractivity contribution is 0.128. The SMILES string of the molecule is CC(C)[C@@H]1CN(Cc2cc(-c3ccccn3)no2)CCCN1CC1CC1. The summed E-state index contributed by atoms with van der Waals surface area (Å²) in [5.41, 5.74) is 1.69. The first-order valence-corrected chi connectivity index (χ1v) is 10.0. The largest absolute Gasteiger partial charge is 0.359 e. The molecule has 0 N–H and O–H groups in total. The molecular formula is C21H30N4O. The summed E-state index contributed by atoms with van der Waals surface area (Å²) in [5, 5.41) is 4.22. The monoisotopic (exact) mass is 354 g/mol. The van der Waals surface area contributed by atoms with Gasteiger partial charge in [-0.25, -0.2) is 0 Å². The van der Waals surface area contributed by atoms with Crippen LogP contribution in [-0.4, -0.2) is 52.2 Å². The molecule has 2 aromatic heterocycles. The van der Waals surface area contributed by atoms with Gasteiger partial charge < -0.3 is 4.52 Å². The summed E-state index contributed by atoms with van der Waals surface area (Å²) in [6.07, 6.45) is 5.89. The van der Waals surface area contributed by atoms with E-state index in [1.165, 1.54) is 32.4 Å². The van der Waals surface area contributed by atoms with Crippen LogP contribution in [0.25, 0.3) is 11.4 Å². The van der Waals surface area contributed by atoms with E-state index >= 15 is 0 Å². The van der Waals surface area contributed by atoms with Crippen molar-refractivity contribution in [2.45, 2.75) is 45.7 Å². The van der Waals surface area contributed by atoms with Crippen LogP contribution >= 0.6 is 0 Å². The van der Waals surface area contributed by atoms with Crippen LogP contribution < -0.4 is 0 Å². The average Bonchev–Trinajstić information content (AvgIpc) is 3.38. The van der Waals surface area contributed by atoms with E-state index in [-0.39, 0.29) is 0 Å². The fraction of sp³-hybridized carbons (Fsp3) is 0.619. The molecule has 0 radical (unpaired) electrons. The fourth-order valence-corrected chi connectivity index (χ4v) is 4.01. The highest BCUT2D eigenvalue weighted by Gasteiger charge is 2.32. The summed E-state index contributed by atoms with van der Waals surface area (Å²) in [5.74, 6) is 2.56. The molecule has 3 heterocycles. The molecule has 2 aromatic rings. The minimum absolute atomic E-state index is 0.635. The summed E-state index contributed by atoms with van der Waals surface area (Å²) >= 11 is 0. The van der Waals surface area contributed by atoms with Crippen LogP contribution in [0.2, 0.25) is 0 Å². The van der Waals surface area contributed by atoms with Crippen LogP contribution in [0.4, 0.5) is 0 Å². The molecule has 1 saturated carbocycles. The zero-order valence-electron chi connectivity index (χ0n) is 16.0. The standard InChI is InChI=1S/C21H30N4O/c1-16(2)21-15-24(10-5-11-25(21)13-17-7-8-17)14-18-12-20(23-26-18)19-6-3-4-9-22-19/h3-4,6,9,12,16-17,21H,5,7-8,10-11,13-15H2,1-2H3/t21-/m0/s1. The van der Waals surface area contributed by atoms with E-state index in [9.17, 15) is 0 Å². The smallest absolute Gasteiger partial charge is 0.151 e. The van der Waals surface area contributed by atoms with Crippen molar-refractivity contribution in [3.05, 3.63) is 36.2 Å². The van der Waals surface area contributed by atoms with Crippen molar-refractivity contribution in [3.63, 3.8) is 0 Å². The van der Waals surface area contributed by atoms with E-state index < -0.39 is 0 Å². The van der Waals surface area contributed by atoms with Crippen molar-refractivity contribution >= 4 is 0 Å². The third kappa shape index (κ3) is 4.33. The molecule has 5 heteroatoms. The van der Waals surface area contributed by atoms with Crippen molar-refractivity contribution in [2.24, 2.45) is 11.8 Å². The third-order valence-corrected chi connectivity index (χ3v) is 5.66. The van der Waals surface area contributed by atoms with Crippen LogP contribution in [0.5, 0.6) is 0 Å². The van der Waals surface area contributed by atoms with Crippen molar-refractivity contribution in [1.29, 1.82) is 0 Å². The maximum absolute atomic E-state index is 5.61. The third-order valence-electron chi connectivity index (χ3n) is 5.66. The Kier molecular flexibility index (Phi) is 5.36. The molecule has 0 amide bonds. The number of nitrogens with zero attached hydrogens (tertiary/aromatic N) is 4. The van der Waals surface area contributed by atoms with Gasteiger partial charge in [-0.3, -0.25) is 14.8 Å². The summed E-state index contributed by atoms with van der Waals surface area (Å²) in [6, 6.07) is 8.54. The molecule has 0 bridgehead atoms. The molecule has 2 aliphatic rings. The van der Waals surface area contributed by atoms with Gasteiger partial charge in [0.2, 0.25) is 0 Å². The molecule has 0 spiro atoms. The van der Waals surface area contributed by atoms with Crippen molar-refractivity contribution in [3.8, 4) is 11.4 Å². The Balaban J connectivity index is 1.42. The molecule has 1 atom stereocenters. The minimum Gasteiger partial charge on any atom is -0.359 e. The zero-order valence-corrected chi connectivity index (χ0v) is 16.0. The second kappa shape index (κ2) is 7.89. The molecule has 5 nitrogen and oxygen atoms in total. The first-order valence-electron chi connectivity index (χ1n) is 10.0. The maximum atomic E-state index is 5.61. The van der Waals surface area contributed by atoms with Crippen molar-refractivity contribution in [2.75, 3.05) is 26.2 Å². The van der Waals surface area contributed by atoms with Gasteiger partial charge in [-0.05, 0) is 56.3 Å². The van der Waals surface area contributed by atoms with E-state index in [2.05, 4.69) is 33.8 Å². The molecule has 4 rings (SSSR count). The summed E-state index contributed by atoms with van der Waals surface area (Å²) in [4.78, 5) is 9.65. The van der Waals surface area contributed by atoms with E-state index in [1.54, 1.807) is 6.20 Å². The van der Waals surface area contributed by atoms with Gasteiger partial charge in [-0.15, -0.1) is 0 Å². The van der Waals surface area contributed by atoms with Gasteiger partial charge >= 0.3 is 0 Å². The number of hydrogen-bond acceptors (Lipinski definition) is 5. The summed E-state index contributed by atoms with van der Waals surface area (Å²) in [6.45, 7) is 10.3. The molecule has 140 valence electrons. The highest BCUT2D eigenvalue weighted by atomic mass is 16.5. The second-order valence-electron chi connectivity index (χ2n) is 8.23. The quantitative estimate of drug-likeness (QED) is 0.792. The minimum atomic E-state index is 0.635. The van der Waals surface area contributed by atoms with Gasteiger partial charge in [0.25, 0.3) is 0 Å². The predicted molar refractivity (Wildman–Crippen MR) is 103 cm³/mol. The van der Waals surface area contributed by atoms with E-state index in [0.29, 0.717) is 12.0 Å². The Labute approximate surface area is 156 Å². The van der Waals surface area contributed by atoms with Gasteiger partial charge in [-0.2, -0.15) is 0 Å². The highest BCUT2D eigenvalue weighted by molar-refractivity contribution is 5.52. The molecular weight excluding hydrogens is 324 g/mol. The van der Waals surface area contributed by atoms with Gasteiger partial charge in [0.05, 0.1) is 12.2 Å². The molecule has 0 unspecified atom stereocenters. The Morgan fingerprint density at radius 2 is 2.08 bits per heavy atom. The normalized spacial score (nSPS) is 22.7. The molecule has 26 heavy (non-hydrogen) atoms. The highest BCUT2D eigenvalue weighted by Crippen LogP contribution is 2.32. The van der Waals surface area contributed by atoms with Crippen LogP contribution in [0.1, 0.15) is 38.9 Å². The Hall–Kier alpha value is -1.72. The van der Waals surface area contributed by atoms with Crippen LogP contribution in [-0.2, 0) is 6.54 Å². The molecule has 2 fully saturated rings. The summed E-state index contributed by atoms with van der Waals surface area (Å²) in [7, 11) is 0. The fourth-order valence-electron chi connectivity index (χ4n) is 4.01. The lowest BCUT2D eigenvalue weighted by Crippen LogP contribution is -2.45. The van der Waals surface area contributed by atoms with Crippen LogP contribution in [0.3, 0.4) is 0 Å². The van der Waals surface area contributed by atoms with Gasteiger partial charge in [0, 0.05) is 31.4 Å². The number of rotatable bonds is 6. The first-order chi connectivity index (χ1) is 12.7. The maximum Gasteiger partial charge on any atom is 0.151 e. The number of hydrogen-bond donors (Lipinski definition) is 0. The van der Waals surface area contributed by atoms with Gasteiger partial charge in [0.15, 0.2) is 5.76 Å². The second-order valence-corrected chi connectivity index (χ2v) is 8.23. The number of pyridine rings is 1. The van der Waals surface area contributed by atoms with Crippen LogP contribution in [0, 0.1) is 11.8 Å².